The number of amides is 2. The van der Waals surface area contributed by atoms with Crippen molar-refractivity contribution in [2.45, 2.75) is 12.1 Å². The number of rotatable bonds is 2. The van der Waals surface area contributed by atoms with Gasteiger partial charge in [0.05, 0.1) is 6.04 Å². The van der Waals surface area contributed by atoms with Crippen LogP contribution in [-0.4, -0.2) is 66.0 Å². The van der Waals surface area contributed by atoms with E-state index in [1.807, 2.05) is 47.0 Å². The quantitative estimate of drug-likeness (QED) is 0.820. The average molecular weight is 320 g/mol. The molecule has 0 aliphatic carbocycles. The van der Waals surface area contributed by atoms with Crippen molar-refractivity contribution in [3.05, 3.63) is 35.9 Å². The Balaban J connectivity index is 1.86. The molecule has 2 aliphatic rings. The van der Waals surface area contributed by atoms with E-state index in [1.54, 1.807) is 11.9 Å². The van der Waals surface area contributed by atoms with Crippen LogP contribution in [0, 0.1) is 0 Å². The van der Waals surface area contributed by atoms with Crippen LogP contribution in [0.5, 0.6) is 0 Å². The monoisotopic (exact) mass is 320 g/mol. The predicted molar refractivity (Wildman–Crippen MR) is 85.6 cm³/mol. The number of thioether (sulfide) groups is 1. The van der Waals surface area contributed by atoms with Gasteiger partial charge in [-0.05, 0) is 5.56 Å². The molecule has 5 nitrogen and oxygen atoms in total. The first-order chi connectivity index (χ1) is 10.7. The van der Waals surface area contributed by atoms with Crippen molar-refractivity contribution in [1.29, 1.82) is 0 Å². The lowest BCUT2D eigenvalue weighted by Gasteiger charge is -2.40. The number of morpholine rings is 1. The van der Waals surface area contributed by atoms with Crippen molar-refractivity contribution in [3.63, 3.8) is 0 Å². The summed E-state index contributed by atoms with van der Waals surface area (Å²) in [6, 6.07) is 9.28. The normalized spacial score (nSPS) is 26.1. The summed E-state index contributed by atoms with van der Waals surface area (Å²) in [7, 11) is 1.74. The second-order valence-corrected chi connectivity index (χ2v) is 6.75. The molecule has 2 fully saturated rings. The third-order valence-electron chi connectivity index (χ3n) is 4.19. The van der Waals surface area contributed by atoms with Gasteiger partial charge in [-0.3, -0.25) is 9.59 Å². The zero-order valence-electron chi connectivity index (χ0n) is 12.6. The van der Waals surface area contributed by atoms with Crippen LogP contribution in [0.1, 0.15) is 11.6 Å². The molecule has 22 heavy (non-hydrogen) atoms. The molecule has 118 valence electrons. The molecule has 6 heteroatoms. The van der Waals surface area contributed by atoms with Crippen LogP contribution >= 0.6 is 11.8 Å². The average Bonchev–Trinajstić information content (AvgIpc) is 2.58. The number of benzene rings is 1. The van der Waals surface area contributed by atoms with Gasteiger partial charge in [0.1, 0.15) is 6.61 Å². The highest BCUT2D eigenvalue weighted by molar-refractivity contribution is 7.99. The Hall–Kier alpha value is -1.53. The number of likely N-dealkylation sites (N-methyl/N-ethyl adjacent to an activating group) is 1. The summed E-state index contributed by atoms with van der Waals surface area (Å²) in [6.07, 6.45) is -0.617. The molecule has 0 bridgehead atoms. The van der Waals surface area contributed by atoms with Crippen molar-refractivity contribution in [1.82, 2.24) is 9.80 Å². The lowest BCUT2D eigenvalue weighted by atomic mass is 9.97. The number of carbonyl (C=O) groups excluding carboxylic acids is 2. The zero-order valence-corrected chi connectivity index (χ0v) is 13.4. The van der Waals surface area contributed by atoms with Crippen molar-refractivity contribution in [3.8, 4) is 0 Å². The largest absolute Gasteiger partial charge is 0.356 e. The molecule has 0 radical (unpaired) electrons. The maximum atomic E-state index is 12.8. The minimum Gasteiger partial charge on any atom is -0.356 e. The summed E-state index contributed by atoms with van der Waals surface area (Å²) in [5.41, 5.74) is 0.933. The lowest BCUT2D eigenvalue weighted by molar-refractivity contribution is -0.167. The summed E-state index contributed by atoms with van der Waals surface area (Å²) in [4.78, 5) is 28.3. The van der Waals surface area contributed by atoms with Gasteiger partial charge in [-0.25, -0.2) is 0 Å². The van der Waals surface area contributed by atoms with E-state index in [1.165, 1.54) is 0 Å². The van der Waals surface area contributed by atoms with E-state index in [4.69, 9.17) is 4.74 Å². The van der Waals surface area contributed by atoms with Gasteiger partial charge in [-0.15, -0.1) is 0 Å². The van der Waals surface area contributed by atoms with Gasteiger partial charge in [-0.2, -0.15) is 11.8 Å². The highest BCUT2D eigenvalue weighted by Gasteiger charge is 2.41. The first kappa shape index (κ1) is 15.4. The van der Waals surface area contributed by atoms with Crippen LogP contribution in [0.2, 0.25) is 0 Å². The highest BCUT2D eigenvalue weighted by atomic mass is 32.2. The molecule has 2 amide bonds. The van der Waals surface area contributed by atoms with E-state index in [-0.39, 0.29) is 24.5 Å². The van der Waals surface area contributed by atoms with Gasteiger partial charge in [0.25, 0.3) is 5.91 Å². The standard InChI is InChI=1S/C16H20N2O3S/c1-17-13(19)11-21-15(14(17)12-5-3-2-4-6-12)16(20)18-7-9-22-10-8-18/h2-6,14-15H,7-11H2,1H3/t14-,15+/m0/s1. The van der Waals surface area contributed by atoms with Gasteiger partial charge in [0.2, 0.25) is 5.91 Å². The predicted octanol–water partition coefficient (Wildman–Crippen LogP) is 1.16. The molecule has 0 unspecified atom stereocenters. The van der Waals surface area contributed by atoms with Crippen LogP contribution in [0.25, 0.3) is 0 Å². The van der Waals surface area contributed by atoms with Crippen LogP contribution in [-0.2, 0) is 14.3 Å². The van der Waals surface area contributed by atoms with Gasteiger partial charge in [0, 0.05) is 31.6 Å². The molecular weight excluding hydrogens is 300 g/mol. The fourth-order valence-corrected chi connectivity index (χ4v) is 3.83. The topological polar surface area (TPSA) is 49.9 Å². The molecule has 0 aromatic heterocycles. The Bertz CT molecular complexity index is 546. The number of hydrogen-bond acceptors (Lipinski definition) is 4. The Labute approximate surface area is 134 Å². The van der Waals surface area contributed by atoms with Crippen molar-refractivity contribution >= 4 is 23.6 Å². The molecule has 1 aromatic rings. The summed E-state index contributed by atoms with van der Waals surface area (Å²) in [5.74, 6) is 1.83. The van der Waals surface area contributed by atoms with Gasteiger partial charge >= 0.3 is 0 Å². The second kappa shape index (κ2) is 6.71. The van der Waals surface area contributed by atoms with E-state index in [9.17, 15) is 9.59 Å². The van der Waals surface area contributed by atoms with Crippen LogP contribution < -0.4 is 0 Å². The zero-order chi connectivity index (χ0) is 15.5. The summed E-state index contributed by atoms with van der Waals surface area (Å²) >= 11 is 1.86. The SMILES string of the molecule is CN1C(=O)CO[C@@H](C(=O)N2CCSCC2)[C@@H]1c1ccccc1. The number of ether oxygens (including phenoxy) is 1. The van der Waals surface area contributed by atoms with Crippen LogP contribution in [0.3, 0.4) is 0 Å². The molecule has 3 rings (SSSR count). The third kappa shape index (κ3) is 2.98. The number of nitrogens with zero attached hydrogens (tertiary/aromatic N) is 2. The lowest BCUT2D eigenvalue weighted by Crippen LogP contribution is -2.55. The van der Waals surface area contributed by atoms with Crippen molar-refractivity contribution in [2.75, 3.05) is 38.2 Å². The Morgan fingerprint density at radius 1 is 1.23 bits per heavy atom. The maximum Gasteiger partial charge on any atom is 0.254 e. The summed E-state index contributed by atoms with van der Waals surface area (Å²) in [5, 5.41) is 0. The Morgan fingerprint density at radius 2 is 1.91 bits per heavy atom. The number of hydrogen-bond donors (Lipinski definition) is 0. The first-order valence-electron chi connectivity index (χ1n) is 7.47. The van der Waals surface area contributed by atoms with Gasteiger partial charge in [0.15, 0.2) is 6.10 Å². The molecule has 2 atom stereocenters. The molecule has 2 saturated heterocycles. The minimum atomic E-state index is -0.617. The number of carbonyl (C=O) groups is 2. The fourth-order valence-electron chi connectivity index (χ4n) is 2.93. The van der Waals surface area contributed by atoms with E-state index >= 15 is 0 Å². The minimum absolute atomic E-state index is 0.00602. The Morgan fingerprint density at radius 3 is 2.59 bits per heavy atom. The molecule has 1 aromatic carbocycles. The molecule has 0 spiro atoms. The van der Waals surface area contributed by atoms with Crippen LogP contribution in [0.15, 0.2) is 30.3 Å². The molecular formula is C16H20N2O3S. The van der Waals surface area contributed by atoms with E-state index < -0.39 is 6.10 Å². The first-order valence-corrected chi connectivity index (χ1v) is 8.62. The molecule has 0 saturated carbocycles. The van der Waals surface area contributed by atoms with E-state index in [2.05, 4.69) is 0 Å². The highest BCUT2D eigenvalue weighted by Crippen LogP contribution is 2.30. The van der Waals surface area contributed by atoms with E-state index in [0.29, 0.717) is 0 Å². The van der Waals surface area contributed by atoms with Gasteiger partial charge < -0.3 is 14.5 Å². The maximum absolute atomic E-state index is 12.8. The van der Waals surface area contributed by atoms with Crippen molar-refractivity contribution in [2.24, 2.45) is 0 Å². The third-order valence-corrected chi connectivity index (χ3v) is 5.13. The summed E-state index contributed by atoms with van der Waals surface area (Å²) in [6.45, 7) is 1.48. The molecule has 2 aliphatic heterocycles. The molecule has 0 N–H and O–H groups in total. The van der Waals surface area contributed by atoms with Gasteiger partial charge in [-0.1, -0.05) is 30.3 Å². The Kier molecular flexibility index (Phi) is 4.69. The van der Waals surface area contributed by atoms with E-state index in [0.717, 1.165) is 30.2 Å². The summed E-state index contributed by atoms with van der Waals surface area (Å²) < 4.78 is 5.65. The van der Waals surface area contributed by atoms with Crippen molar-refractivity contribution < 1.29 is 14.3 Å². The molecule has 2 heterocycles. The van der Waals surface area contributed by atoms with Crippen LogP contribution in [0.4, 0.5) is 0 Å². The second-order valence-electron chi connectivity index (χ2n) is 5.53. The fraction of sp³-hybridized carbons (Fsp3) is 0.500. The smallest absolute Gasteiger partial charge is 0.254 e.